The third-order valence-corrected chi connectivity index (χ3v) is 14.8. The lowest BCUT2D eigenvalue weighted by molar-refractivity contribution is 0.0555. The topological polar surface area (TPSA) is 55.4 Å². The molecule has 0 amide bonds. The Morgan fingerprint density at radius 1 is 0.350 bits per heavy atom. The van der Waals surface area contributed by atoms with E-state index in [1.165, 1.54) is 0 Å². The first-order valence-electron chi connectivity index (χ1n) is 16.7. The third kappa shape index (κ3) is 22.4. The Kier molecular flexibility index (Phi) is 30.6. The molecule has 40 heavy (non-hydrogen) atoms. The minimum absolute atomic E-state index is 0.746. The first-order chi connectivity index (χ1) is 19.6. The molecule has 0 atom stereocenters. The zero-order valence-electron chi connectivity index (χ0n) is 27.2. The van der Waals surface area contributed by atoms with E-state index in [1.807, 2.05) is 21.6 Å². The van der Waals surface area contributed by atoms with Crippen molar-refractivity contribution in [1.82, 2.24) is 0 Å². The molecule has 0 aromatic rings. The van der Waals surface area contributed by atoms with Gasteiger partial charge in [-0.3, -0.25) is 0 Å². The molecule has 10 heteroatoms. The summed E-state index contributed by atoms with van der Waals surface area (Å²) >= 11 is 0. The molecule has 0 aliphatic carbocycles. The van der Waals surface area contributed by atoms with Crippen LogP contribution >= 0.6 is 21.6 Å². The molecule has 0 rings (SSSR count). The molecule has 0 bridgehead atoms. The largest absolute Gasteiger partial charge is 0.500 e. The van der Waals surface area contributed by atoms with E-state index in [0.29, 0.717) is 0 Å². The van der Waals surface area contributed by atoms with Gasteiger partial charge in [0.25, 0.3) is 0 Å². The van der Waals surface area contributed by atoms with E-state index in [4.69, 9.17) is 26.6 Å². The smallest absolute Gasteiger partial charge is 0.373 e. The summed E-state index contributed by atoms with van der Waals surface area (Å²) in [6.45, 7) is 17.7. The molecule has 0 saturated heterocycles. The van der Waals surface area contributed by atoms with E-state index >= 15 is 0 Å². The first kappa shape index (κ1) is 40.9. The molecule has 0 aliphatic rings. The minimum atomic E-state index is -2.62. The normalized spacial score (nSPS) is 12.4. The van der Waals surface area contributed by atoms with Crippen LogP contribution in [0.25, 0.3) is 0 Å². The van der Waals surface area contributed by atoms with Crippen LogP contribution in [0.15, 0.2) is 0 Å². The van der Waals surface area contributed by atoms with E-state index in [2.05, 4.69) is 41.5 Å². The lowest BCUT2D eigenvalue weighted by atomic mass is 10.4. The van der Waals surface area contributed by atoms with Gasteiger partial charge in [-0.25, -0.2) is 0 Å². The predicted molar refractivity (Wildman–Crippen MR) is 180 cm³/mol. The van der Waals surface area contributed by atoms with Crippen LogP contribution in [0.5, 0.6) is 0 Å². The van der Waals surface area contributed by atoms with Crippen LogP contribution in [0.2, 0.25) is 12.1 Å². The Hall–Kier alpha value is 0.894. The highest BCUT2D eigenvalue weighted by atomic mass is 33.1. The van der Waals surface area contributed by atoms with E-state index in [1.54, 1.807) is 0 Å². The van der Waals surface area contributed by atoms with Gasteiger partial charge in [-0.15, -0.1) is 0 Å². The predicted octanol–water partition coefficient (Wildman–Crippen LogP) is 9.93. The molecular formula is C30H66O6S2Si2. The molecule has 0 N–H and O–H groups in total. The maximum Gasteiger partial charge on any atom is 0.500 e. The van der Waals surface area contributed by atoms with Gasteiger partial charge in [-0.1, -0.05) is 102 Å². The molecule has 0 fully saturated rings. The summed E-state index contributed by atoms with van der Waals surface area (Å²) in [5.41, 5.74) is 0. The quantitative estimate of drug-likeness (QED) is 0.0398. The summed E-state index contributed by atoms with van der Waals surface area (Å²) in [6, 6.07) is 1.82. The molecule has 0 unspecified atom stereocenters. The third-order valence-electron chi connectivity index (χ3n) is 6.42. The van der Waals surface area contributed by atoms with Crippen LogP contribution in [0, 0.1) is 0 Å². The zero-order valence-corrected chi connectivity index (χ0v) is 30.9. The average Bonchev–Trinajstić information content (AvgIpc) is 2.95. The van der Waals surface area contributed by atoms with Crippen molar-refractivity contribution in [2.75, 3.05) is 51.1 Å². The van der Waals surface area contributed by atoms with Crippen LogP contribution < -0.4 is 0 Å². The molecule has 0 saturated carbocycles. The second-order valence-electron chi connectivity index (χ2n) is 10.4. The summed E-state index contributed by atoms with van der Waals surface area (Å²) < 4.78 is 38.4. The molecule has 6 nitrogen and oxygen atoms in total. The van der Waals surface area contributed by atoms with Gasteiger partial charge < -0.3 is 26.6 Å². The van der Waals surface area contributed by atoms with Gasteiger partial charge >= 0.3 is 17.6 Å². The number of unbranched alkanes of at least 4 members (excludes halogenated alkanes) is 6. The number of rotatable bonds is 33. The van der Waals surface area contributed by atoms with Crippen molar-refractivity contribution in [1.29, 1.82) is 0 Å². The Labute approximate surface area is 259 Å². The molecule has 0 spiro atoms. The highest BCUT2D eigenvalue weighted by Gasteiger charge is 2.41. The van der Waals surface area contributed by atoms with Crippen molar-refractivity contribution in [3.63, 3.8) is 0 Å². The molecule has 0 aromatic heterocycles. The number of hydrogen-bond acceptors (Lipinski definition) is 8. The summed E-state index contributed by atoms with van der Waals surface area (Å²) in [5, 5.41) is 0. The molecular weight excluding hydrogens is 577 g/mol. The van der Waals surface area contributed by atoms with Crippen molar-refractivity contribution in [2.24, 2.45) is 0 Å². The van der Waals surface area contributed by atoms with E-state index in [9.17, 15) is 0 Å². The zero-order chi connectivity index (χ0) is 29.6. The Balaban J connectivity index is 4.77. The molecule has 242 valence electrons. The highest BCUT2D eigenvalue weighted by molar-refractivity contribution is 8.76. The van der Waals surface area contributed by atoms with Gasteiger partial charge in [0.1, 0.15) is 0 Å². The van der Waals surface area contributed by atoms with Gasteiger partial charge in [0.15, 0.2) is 0 Å². The van der Waals surface area contributed by atoms with Crippen LogP contribution in [0.4, 0.5) is 0 Å². The Morgan fingerprint density at radius 2 is 0.575 bits per heavy atom. The van der Waals surface area contributed by atoms with Crippen molar-refractivity contribution in [2.45, 2.75) is 144 Å². The maximum absolute atomic E-state index is 6.41. The standard InChI is InChI=1S/C30H66O6S2Si2/c1-7-13-21-31-39(32-22-14-8-2,33-23-15-9-3)29-19-27-37-38-28-20-30-40(34-24-16-10-4,35-25-17-11-5)36-26-18-12-6/h7-30H2,1-6H3. The summed E-state index contributed by atoms with van der Waals surface area (Å²) in [5.74, 6) is 2.17. The second-order valence-corrected chi connectivity index (χ2v) is 18.6. The van der Waals surface area contributed by atoms with Crippen molar-refractivity contribution >= 4 is 39.2 Å². The summed E-state index contributed by atoms with van der Waals surface area (Å²) in [7, 11) is -1.33. The highest BCUT2D eigenvalue weighted by Crippen LogP contribution is 2.29. The maximum atomic E-state index is 6.41. The number of hydrogen-bond donors (Lipinski definition) is 0. The monoisotopic (exact) mass is 642 g/mol. The molecule has 0 aromatic carbocycles. The van der Waals surface area contributed by atoms with E-state index in [-0.39, 0.29) is 0 Å². The second kappa shape index (κ2) is 29.9. The van der Waals surface area contributed by atoms with Gasteiger partial charge in [-0.2, -0.15) is 0 Å². The fourth-order valence-corrected chi connectivity index (χ4v) is 11.7. The van der Waals surface area contributed by atoms with Crippen LogP contribution in [-0.4, -0.2) is 68.8 Å². The van der Waals surface area contributed by atoms with Crippen LogP contribution in [-0.2, 0) is 26.6 Å². The van der Waals surface area contributed by atoms with Crippen molar-refractivity contribution in [3.8, 4) is 0 Å². The van der Waals surface area contributed by atoms with E-state index < -0.39 is 17.6 Å². The SMILES string of the molecule is CCCCO[Si](CCCSSCCC[Si](OCCCC)(OCCCC)OCCCC)(OCCCC)OCCCC. The van der Waals surface area contributed by atoms with Gasteiger partial charge in [-0.05, 0) is 51.4 Å². The van der Waals surface area contributed by atoms with Gasteiger partial charge in [0.2, 0.25) is 0 Å². The lowest BCUT2D eigenvalue weighted by Gasteiger charge is -2.30. The van der Waals surface area contributed by atoms with E-state index in [0.717, 1.165) is 153 Å². The summed E-state index contributed by atoms with van der Waals surface area (Å²) in [4.78, 5) is 0. The Bertz CT molecular complexity index is 426. The van der Waals surface area contributed by atoms with Crippen LogP contribution in [0.1, 0.15) is 131 Å². The summed E-state index contributed by atoms with van der Waals surface area (Å²) in [6.07, 6.45) is 15.2. The average molecular weight is 643 g/mol. The minimum Gasteiger partial charge on any atom is -0.373 e. The molecule has 0 radical (unpaired) electrons. The fourth-order valence-electron chi connectivity index (χ4n) is 3.73. The lowest BCUT2D eigenvalue weighted by Crippen LogP contribution is -2.46. The van der Waals surface area contributed by atoms with Crippen molar-refractivity contribution < 1.29 is 26.6 Å². The molecule has 0 heterocycles. The van der Waals surface area contributed by atoms with Gasteiger partial charge in [0.05, 0.1) is 0 Å². The Morgan fingerprint density at radius 3 is 0.775 bits per heavy atom. The first-order valence-corrected chi connectivity index (χ1v) is 23.0. The fraction of sp³-hybridized carbons (Fsp3) is 1.00. The molecule has 0 aliphatic heterocycles. The van der Waals surface area contributed by atoms with Crippen LogP contribution in [0.3, 0.4) is 0 Å². The van der Waals surface area contributed by atoms with Gasteiger partial charge in [0, 0.05) is 63.2 Å². The van der Waals surface area contributed by atoms with Crippen molar-refractivity contribution in [3.05, 3.63) is 0 Å².